The third kappa shape index (κ3) is 6.36. The van der Waals surface area contributed by atoms with Gasteiger partial charge in [-0.1, -0.05) is 42.5 Å². The van der Waals surface area contributed by atoms with Gasteiger partial charge in [0.05, 0.1) is 31.9 Å². The van der Waals surface area contributed by atoms with E-state index in [2.05, 4.69) is 24.3 Å². The standard InChI is InChI=1S/C29H30F3N2O2.BrH/c30-24-7-4-8-25(18-24)33(19-22-9-10-26(31)27(32)17-22)29(35)36-28-20-34(15-12-23(28)13-16-34)14-11-21-5-2-1-3-6-21;/h1-10,17-18,23,28H,11-16,19-20H2;1H/q+1;/p-1/t23?,28-,34?;/m0./s1. The molecule has 3 aromatic carbocycles. The van der Waals surface area contributed by atoms with E-state index in [0.29, 0.717) is 17.2 Å². The van der Waals surface area contributed by atoms with Gasteiger partial charge in [0.25, 0.3) is 0 Å². The third-order valence-corrected chi connectivity index (χ3v) is 7.68. The van der Waals surface area contributed by atoms with Gasteiger partial charge in [0.1, 0.15) is 12.4 Å². The van der Waals surface area contributed by atoms with Crippen LogP contribution in [0.1, 0.15) is 24.0 Å². The average molecular weight is 575 g/mol. The predicted octanol–water partition coefficient (Wildman–Crippen LogP) is 3.10. The van der Waals surface area contributed by atoms with Crippen molar-refractivity contribution in [1.82, 2.24) is 0 Å². The summed E-state index contributed by atoms with van der Waals surface area (Å²) >= 11 is 0. The Morgan fingerprint density at radius 3 is 2.35 bits per heavy atom. The first-order chi connectivity index (χ1) is 17.4. The lowest BCUT2D eigenvalue weighted by atomic mass is 9.83. The molecule has 0 unspecified atom stereocenters. The van der Waals surface area contributed by atoms with Crippen LogP contribution >= 0.6 is 0 Å². The molecule has 0 saturated carbocycles. The number of benzene rings is 3. The molecule has 0 aliphatic carbocycles. The largest absolute Gasteiger partial charge is 1.00 e. The summed E-state index contributed by atoms with van der Waals surface area (Å²) in [6, 6.07) is 19.5. The molecular weight excluding hydrogens is 545 g/mol. The minimum Gasteiger partial charge on any atom is -1.00 e. The molecule has 3 saturated heterocycles. The molecule has 3 aliphatic heterocycles. The van der Waals surface area contributed by atoms with Crippen LogP contribution in [-0.2, 0) is 17.7 Å². The second kappa shape index (κ2) is 11.7. The fourth-order valence-electron chi connectivity index (χ4n) is 5.60. The summed E-state index contributed by atoms with van der Waals surface area (Å²) in [6.45, 7) is 3.84. The zero-order chi connectivity index (χ0) is 25.1. The van der Waals surface area contributed by atoms with Crippen molar-refractivity contribution >= 4 is 11.8 Å². The van der Waals surface area contributed by atoms with E-state index in [9.17, 15) is 18.0 Å². The van der Waals surface area contributed by atoms with Crippen LogP contribution in [0.4, 0.5) is 23.7 Å². The Bertz CT molecular complexity index is 1220. The van der Waals surface area contributed by atoms with E-state index in [0.717, 1.165) is 62.1 Å². The maximum Gasteiger partial charge on any atom is 0.415 e. The third-order valence-electron chi connectivity index (χ3n) is 7.68. The highest BCUT2D eigenvalue weighted by Crippen LogP contribution is 2.36. The minimum absolute atomic E-state index is 0. The van der Waals surface area contributed by atoms with Crippen LogP contribution in [0.3, 0.4) is 0 Å². The van der Waals surface area contributed by atoms with Gasteiger partial charge in [-0.15, -0.1) is 0 Å². The van der Waals surface area contributed by atoms with Gasteiger partial charge in [0, 0.05) is 25.2 Å². The fraction of sp³-hybridized carbons (Fsp3) is 0.345. The lowest BCUT2D eigenvalue weighted by Gasteiger charge is -2.52. The molecule has 0 radical (unpaired) electrons. The number of fused-ring (bicyclic) bond motifs is 3. The van der Waals surface area contributed by atoms with Crippen molar-refractivity contribution in [1.29, 1.82) is 0 Å². The number of carbonyl (C=O) groups excluding carboxylic acids is 1. The Hall–Kier alpha value is -2.84. The first-order valence-corrected chi connectivity index (χ1v) is 12.5. The smallest absolute Gasteiger partial charge is 0.415 e. The molecule has 1 amide bonds. The number of piperidine rings is 3. The van der Waals surface area contributed by atoms with Crippen LogP contribution in [0.15, 0.2) is 72.8 Å². The first kappa shape index (κ1) is 27.2. The molecule has 37 heavy (non-hydrogen) atoms. The molecular formula is C29H30BrF3N2O2. The quantitative estimate of drug-likeness (QED) is 0.406. The summed E-state index contributed by atoms with van der Waals surface area (Å²) in [7, 11) is 0. The van der Waals surface area contributed by atoms with Crippen LogP contribution in [0.5, 0.6) is 0 Å². The summed E-state index contributed by atoms with van der Waals surface area (Å²) in [5.74, 6) is -2.16. The molecule has 0 aromatic heterocycles. The number of amides is 1. The molecule has 4 nitrogen and oxygen atoms in total. The van der Waals surface area contributed by atoms with Gasteiger partial charge < -0.3 is 26.2 Å². The second-order valence-corrected chi connectivity index (χ2v) is 10.0. The molecule has 1 atom stereocenters. The highest BCUT2D eigenvalue weighted by Gasteiger charge is 2.47. The summed E-state index contributed by atoms with van der Waals surface area (Å²) in [5.41, 5.74) is 1.99. The van der Waals surface area contributed by atoms with Gasteiger partial charge in [-0.05, 0) is 41.5 Å². The zero-order valence-corrected chi connectivity index (χ0v) is 22.0. The van der Waals surface area contributed by atoms with Gasteiger partial charge in [0.15, 0.2) is 17.7 Å². The Kier molecular flexibility index (Phi) is 8.60. The highest BCUT2D eigenvalue weighted by atomic mass is 79.9. The van der Waals surface area contributed by atoms with Gasteiger partial charge in [-0.3, -0.25) is 4.90 Å². The predicted molar refractivity (Wildman–Crippen MR) is 132 cm³/mol. The maximum atomic E-state index is 14.0. The van der Waals surface area contributed by atoms with Crippen LogP contribution < -0.4 is 21.9 Å². The van der Waals surface area contributed by atoms with Gasteiger partial charge in [-0.2, -0.15) is 0 Å². The molecule has 3 aromatic rings. The molecule has 0 spiro atoms. The van der Waals surface area contributed by atoms with E-state index < -0.39 is 23.5 Å². The number of nitrogens with zero attached hydrogens (tertiary/aromatic N) is 2. The Morgan fingerprint density at radius 1 is 0.892 bits per heavy atom. The molecule has 3 aliphatic rings. The molecule has 2 bridgehead atoms. The maximum absolute atomic E-state index is 14.0. The van der Waals surface area contributed by atoms with E-state index in [-0.39, 0.29) is 29.6 Å². The normalized spacial score (nSPS) is 22.2. The van der Waals surface area contributed by atoms with Crippen molar-refractivity contribution in [2.75, 3.05) is 31.1 Å². The van der Waals surface area contributed by atoms with Crippen molar-refractivity contribution in [3.8, 4) is 0 Å². The Balaban J connectivity index is 0.00000320. The van der Waals surface area contributed by atoms with E-state index >= 15 is 0 Å². The summed E-state index contributed by atoms with van der Waals surface area (Å²) in [5, 5.41) is 0. The molecule has 6 rings (SSSR count). The monoisotopic (exact) mass is 574 g/mol. The Morgan fingerprint density at radius 2 is 1.65 bits per heavy atom. The SMILES string of the molecule is O=C(O[C@H]1C[N+]2(CCc3ccccc3)CCC1CC2)N(Cc1ccc(F)c(F)c1)c1cccc(F)c1.[Br-]. The number of hydrogen-bond donors (Lipinski definition) is 0. The number of anilines is 1. The topological polar surface area (TPSA) is 29.5 Å². The molecule has 8 heteroatoms. The lowest BCUT2D eigenvalue weighted by molar-refractivity contribution is -0.945. The van der Waals surface area contributed by atoms with Crippen LogP contribution in [0.25, 0.3) is 0 Å². The van der Waals surface area contributed by atoms with Gasteiger partial charge in [0.2, 0.25) is 0 Å². The summed E-state index contributed by atoms with van der Waals surface area (Å²) < 4.78 is 48.3. The van der Waals surface area contributed by atoms with Crippen LogP contribution in [0.2, 0.25) is 0 Å². The van der Waals surface area contributed by atoms with Crippen molar-refractivity contribution in [2.45, 2.75) is 31.9 Å². The van der Waals surface area contributed by atoms with Crippen LogP contribution in [0, 0.1) is 23.4 Å². The number of halogens is 4. The second-order valence-electron chi connectivity index (χ2n) is 10.0. The number of rotatable bonds is 7. The van der Waals surface area contributed by atoms with Crippen molar-refractivity contribution in [3.05, 3.63) is 101 Å². The molecule has 3 fully saturated rings. The lowest BCUT2D eigenvalue weighted by Crippen LogP contribution is -3.00. The van der Waals surface area contributed by atoms with Crippen molar-refractivity contribution in [3.63, 3.8) is 0 Å². The minimum atomic E-state index is -0.998. The number of quaternary nitrogens is 1. The zero-order valence-electron chi connectivity index (χ0n) is 20.5. The summed E-state index contributed by atoms with van der Waals surface area (Å²) in [4.78, 5) is 14.7. The highest BCUT2D eigenvalue weighted by molar-refractivity contribution is 5.87. The number of hydrogen-bond acceptors (Lipinski definition) is 2. The van der Waals surface area contributed by atoms with Gasteiger partial charge >= 0.3 is 6.09 Å². The number of carbonyl (C=O) groups is 1. The van der Waals surface area contributed by atoms with Gasteiger partial charge in [-0.25, -0.2) is 18.0 Å². The van der Waals surface area contributed by atoms with E-state index in [1.807, 2.05) is 6.07 Å². The van der Waals surface area contributed by atoms with Crippen molar-refractivity contribution < 1.29 is 44.2 Å². The van der Waals surface area contributed by atoms with Crippen molar-refractivity contribution in [2.24, 2.45) is 5.92 Å². The van der Waals surface area contributed by atoms with E-state index in [1.54, 1.807) is 6.07 Å². The fourth-order valence-corrected chi connectivity index (χ4v) is 5.60. The first-order valence-electron chi connectivity index (χ1n) is 12.5. The Labute approximate surface area is 226 Å². The van der Waals surface area contributed by atoms with E-state index in [4.69, 9.17) is 4.74 Å². The van der Waals surface area contributed by atoms with E-state index in [1.165, 1.54) is 34.7 Å². The summed E-state index contributed by atoms with van der Waals surface area (Å²) in [6.07, 6.45) is 2.12. The molecule has 196 valence electrons. The average Bonchev–Trinajstić information content (AvgIpc) is 2.89. The number of ether oxygens (including phenoxy) is 1. The molecule has 0 N–H and O–H groups in total. The molecule has 3 heterocycles. The van der Waals surface area contributed by atoms with Crippen LogP contribution in [-0.4, -0.2) is 42.9 Å².